The first-order valence-corrected chi connectivity index (χ1v) is 7.29. The number of carboxylic acid groups (broad SMARTS) is 2. The van der Waals surface area contributed by atoms with Gasteiger partial charge in [0.05, 0.1) is 17.1 Å². The van der Waals surface area contributed by atoms with Crippen LogP contribution in [0, 0.1) is 11.8 Å². The molecular weight excluding hydrogens is 262 g/mol. The molecule has 2 rings (SSSR count). The van der Waals surface area contributed by atoms with E-state index in [0.29, 0.717) is 12.8 Å². The van der Waals surface area contributed by atoms with Crippen molar-refractivity contribution in [2.24, 2.45) is 11.8 Å². The number of hydrogen-bond acceptors (Lipinski definition) is 4. The van der Waals surface area contributed by atoms with Gasteiger partial charge in [0.2, 0.25) is 10.0 Å². The van der Waals surface area contributed by atoms with E-state index < -0.39 is 39.0 Å². The maximum Gasteiger partial charge on any atom is 0.308 e. The lowest BCUT2D eigenvalue weighted by molar-refractivity contribution is -0.156. The van der Waals surface area contributed by atoms with Crippen molar-refractivity contribution in [3.05, 3.63) is 0 Å². The smallest absolute Gasteiger partial charge is 0.308 e. The minimum atomic E-state index is -3.43. The molecule has 102 valence electrons. The summed E-state index contributed by atoms with van der Waals surface area (Å²) in [7, 11) is -3.43. The second-order valence-electron chi connectivity index (χ2n) is 4.78. The Balaban J connectivity index is 2.15. The second-order valence-corrected chi connectivity index (χ2v) is 6.99. The van der Waals surface area contributed by atoms with Gasteiger partial charge in [0.1, 0.15) is 0 Å². The molecule has 0 aromatic heterocycles. The van der Waals surface area contributed by atoms with Crippen LogP contribution in [0.15, 0.2) is 0 Å². The Labute approximate surface area is 104 Å². The molecule has 0 bridgehead atoms. The monoisotopic (exact) mass is 277 g/mol. The molecule has 8 heteroatoms. The maximum atomic E-state index is 12.0. The molecule has 1 saturated heterocycles. The first kappa shape index (κ1) is 13.3. The molecule has 1 aliphatic heterocycles. The number of rotatable bonds is 4. The van der Waals surface area contributed by atoms with Crippen molar-refractivity contribution in [3.63, 3.8) is 0 Å². The highest BCUT2D eigenvalue weighted by atomic mass is 32.2. The van der Waals surface area contributed by atoms with Gasteiger partial charge in [0.25, 0.3) is 0 Å². The fourth-order valence-electron chi connectivity index (χ4n) is 2.28. The van der Waals surface area contributed by atoms with Gasteiger partial charge >= 0.3 is 11.9 Å². The molecule has 0 radical (unpaired) electrons. The summed E-state index contributed by atoms with van der Waals surface area (Å²) < 4.78 is 25.1. The van der Waals surface area contributed by atoms with Crippen LogP contribution in [0.1, 0.15) is 19.3 Å². The van der Waals surface area contributed by atoms with E-state index in [0.717, 1.165) is 4.31 Å². The maximum absolute atomic E-state index is 12.0. The highest BCUT2D eigenvalue weighted by Gasteiger charge is 2.46. The Bertz CT molecular complexity index is 469. The van der Waals surface area contributed by atoms with Crippen LogP contribution in [0.2, 0.25) is 0 Å². The van der Waals surface area contributed by atoms with Crippen molar-refractivity contribution in [2.75, 3.05) is 13.1 Å². The third kappa shape index (κ3) is 2.35. The van der Waals surface area contributed by atoms with Crippen LogP contribution < -0.4 is 0 Å². The van der Waals surface area contributed by atoms with E-state index in [-0.39, 0.29) is 19.5 Å². The standard InChI is InChI=1S/C10H15NO6S/c12-9(13)7-3-4-11(5-8(7)10(14)15)18(16,17)6-1-2-6/h6-8H,1-5H2,(H,12,13)(H,14,15). The molecule has 18 heavy (non-hydrogen) atoms. The van der Waals surface area contributed by atoms with Gasteiger partial charge in [-0.15, -0.1) is 0 Å². The van der Waals surface area contributed by atoms with Crippen molar-refractivity contribution in [3.8, 4) is 0 Å². The molecule has 0 amide bonds. The van der Waals surface area contributed by atoms with Crippen LogP contribution in [0.25, 0.3) is 0 Å². The quantitative estimate of drug-likeness (QED) is 0.722. The fraction of sp³-hybridized carbons (Fsp3) is 0.800. The van der Waals surface area contributed by atoms with Gasteiger partial charge in [-0.25, -0.2) is 12.7 Å². The van der Waals surface area contributed by atoms with Gasteiger partial charge in [0, 0.05) is 13.1 Å². The number of aliphatic carboxylic acids is 2. The average molecular weight is 277 g/mol. The zero-order chi connectivity index (χ0) is 13.5. The van der Waals surface area contributed by atoms with E-state index >= 15 is 0 Å². The molecule has 2 N–H and O–H groups in total. The van der Waals surface area contributed by atoms with Gasteiger partial charge < -0.3 is 10.2 Å². The highest BCUT2D eigenvalue weighted by Crippen LogP contribution is 2.34. The SMILES string of the molecule is O=C(O)C1CCN(S(=O)(=O)C2CC2)CC1C(=O)O. The molecule has 7 nitrogen and oxygen atoms in total. The lowest BCUT2D eigenvalue weighted by Crippen LogP contribution is -2.49. The van der Waals surface area contributed by atoms with Gasteiger partial charge in [0.15, 0.2) is 0 Å². The summed E-state index contributed by atoms with van der Waals surface area (Å²) in [5.41, 5.74) is 0. The van der Waals surface area contributed by atoms with Crippen LogP contribution in [-0.2, 0) is 19.6 Å². The summed E-state index contributed by atoms with van der Waals surface area (Å²) in [4.78, 5) is 22.0. The Kier molecular flexibility index (Phi) is 3.33. The number of sulfonamides is 1. The summed E-state index contributed by atoms with van der Waals surface area (Å²) >= 11 is 0. The lowest BCUT2D eigenvalue weighted by Gasteiger charge is -2.33. The Morgan fingerprint density at radius 2 is 1.56 bits per heavy atom. The summed E-state index contributed by atoms with van der Waals surface area (Å²) in [5.74, 6) is -4.60. The van der Waals surface area contributed by atoms with Gasteiger partial charge in [-0.1, -0.05) is 0 Å². The van der Waals surface area contributed by atoms with Gasteiger partial charge in [-0.3, -0.25) is 9.59 Å². The molecule has 1 aliphatic carbocycles. The predicted molar refractivity (Wildman–Crippen MR) is 60.4 cm³/mol. The van der Waals surface area contributed by atoms with Crippen LogP contribution in [-0.4, -0.2) is 53.2 Å². The van der Waals surface area contributed by atoms with Gasteiger partial charge in [-0.2, -0.15) is 0 Å². The van der Waals surface area contributed by atoms with E-state index in [2.05, 4.69) is 0 Å². The third-order valence-corrected chi connectivity index (χ3v) is 5.88. The largest absolute Gasteiger partial charge is 0.481 e. The van der Waals surface area contributed by atoms with E-state index in [4.69, 9.17) is 10.2 Å². The molecular formula is C10H15NO6S. The van der Waals surface area contributed by atoms with E-state index in [1.165, 1.54) is 0 Å². The summed E-state index contributed by atoms with van der Waals surface area (Å²) in [6, 6.07) is 0. The summed E-state index contributed by atoms with van der Waals surface area (Å²) in [5, 5.41) is 17.6. The molecule has 1 heterocycles. The van der Waals surface area contributed by atoms with Crippen LogP contribution in [0.5, 0.6) is 0 Å². The van der Waals surface area contributed by atoms with Crippen molar-refractivity contribution < 1.29 is 28.2 Å². The summed E-state index contributed by atoms with van der Waals surface area (Å²) in [6.45, 7) is -0.134. The predicted octanol–water partition coefficient (Wildman–Crippen LogP) is -0.414. The molecule has 2 atom stereocenters. The van der Waals surface area contributed by atoms with Crippen LogP contribution >= 0.6 is 0 Å². The molecule has 2 fully saturated rings. The second kappa shape index (κ2) is 4.51. The molecule has 1 saturated carbocycles. The average Bonchev–Trinajstić information content (AvgIpc) is 3.11. The summed E-state index contributed by atoms with van der Waals surface area (Å²) in [6.07, 6.45) is 1.27. The Morgan fingerprint density at radius 1 is 1.00 bits per heavy atom. The molecule has 2 unspecified atom stereocenters. The molecule has 2 aliphatic rings. The first-order chi connectivity index (χ1) is 8.34. The van der Waals surface area contributed by atoms with Crippen molar-refractivity contribution >= 4 is 22.0 Å². The molecule has 0 spiro atoms. The van der Waals surface area contributed by atoms with E-state index in [9.17, 15) is 18.0 Å². The zero-order valence-electron chi connectivity index (χ0n) is 9.65. The van der Waals surface area contributed by atoms with E-state index in [1.54, 1.807) is 0 Å². The van der Waals surface area contributed by atoms with E-state index in [1.807, 2.05) is 0 Å². The van der Waals surface area contributed by atoms with Crippen molar-refractivity contribution in [1.82, 2.24) is 4.31 Å². The van der Waals surface area contributed by atoms with Gasteiger partial charge in [-0.05, 0) is 19.3 Å². The van der Waals surface area contributed by atoms with Crippen molar-refractivity contribution in [2.45, 2.75) is 24.5 Å². The van der Waals surface area contributed by atoms with Crippen LogP contribution in [0.4, 0.5) is 0 Å². The molecule has 0 aromatic rings. The minimum Gasteiger partial charge on any atom is -0.481 e. The zero-order valence-corrected chi connectivity index (χ0v) is 10.5. The third-order valence-electron chi connectivity index (χ3n) is 3.52. The number of nitrogens with zero attached hydrogens (tertiary/aromatic N) is 1. The Hall–Kier alpha value is -1.15. The van der Waals surface area contributed by atoms with Crippen molar-refractivity contribution in [1.29, 1.82) is 0 Å². The number of piperidine rings is 1. The fourth-order valence-corrected chi connectivity index (χ4v) is 4.16. The number of carbonyl (C=O) groups is 2. The Morgan fingerprint density at radius 3 is 2.00 bits per heavy atom. The topological polar surface area (TPSA) is 112 Å². The normalized spacial score (nSPS) is 30.0. The first-order valence-electron chi connectivity index (χ1n) is 5.78. The number of carboxylic acids is 2. The minimum absolute atomic E-state index is 0.0538. The van der Waals surface area contributed by atoms with Crippen LogP contribution in [0.3, 0.4) is 0 Å². The lowest BCUT2D eigenvalue weighted by atomic mass is 9.86. The number of hydrogen-bond donors (Lipinski definition) is 2. The molecule has 0 aromatic carbocycles. The highest BCUT2D eigenvalue weighted by molar-refractivity contribution is 7.90.